The molecule has 0 spiro atoms. The van der Waals surface area contributed by atoms with Crippen LogP contribution < -0.4 is 4.74 Å². The minimum Gasteiger partial charge on any atom is -0.454 e. The smallest absolute Gasteiger partial charge is 0.149 e. The Balaban J connectivity index is 1.35. The van der Waals surface area contributed by atoms with Gasteiger partial charge in [0, 0.05) is 5.56 Å². The molecule has 7 aromatic carbocycles. The lowest BCUT2D eigenvalue weighted by molar-refractivity contribution is 0.456. The minimum atomic E-state index is -0.0123. The number of benzene rings is 7. The summed E-state index contributed by atoms with van der Waals surface area (Å²) in [4.78, 5) is 2.31. The van der Waals surface area contributed by atoms with Crippen molar-refractivity contribution in [3.63, 3.8) is 0 Å². The second-order valence-electron chi connectivity index (χ2n) is 12.2. The SMILES string of the molecule is CC(C)(C)c1cc(-c2ccc3c4ccccc4c4ccccc4c3c2)cc(-c2cccc3c2Oc2ccccc2S3)c1. The van der Waals surface area contributed by atoms with E-state index in [9.17, 15) is 0 Å². The number of para-hydroxylation sites is 2. The van der Waals surface area contributed by atoms with Crippen molar-refractivity contribution in [3.05, 3.63) is 133 Å². The summed E-state index contributed by atoms with van der Waals surface area (Å²) in [6.07, 6.45) is 0. The second-order valence-corrected chi connectivity index (χ2v) is 13.3. The first-order valence-electron chi connectivity index (χ1n) is 14.5. The molecule has 0 unspecified atom stereocenters. The van der Waals surface area contributed by atoms with Gasteiger partial charge in [0.05, 0.1) is 9.79 Å². The molecule has 2 heteroatoms. The minimum absolute atomic E-state index is 0.0123. The summed E-state index contributed by atoms with van der Waals surface area (Å²) in [5.41, 5.74) is 6.04. The number of hydrogen-bond acceptors (Lipinski definition) is 2. The molecule has 0 bridgehead atoms. The summed E-state index contributed by atoms with van der Waals surface area (Å²) < 4.78 is 6.56. The normalized spacial score (nSPS) is 12.7. The summed E-state index contributed by atoms with van der Waals surface area (Å²) in [5.74, 6) is 1.86. The third-order valence-electron chi connectivity index (χ3n) is 8.45. The van der Waals surface area contributed by atoms with Gasteiger partial charge in [0.1, 0.15) is 11.5 Å². The van der Waals surface area contributed by atoms with Crippen molar-refractivity contribution in [1.29, 1.82) is 0 Å². The van der Waals surface area contributed by atoms with E-state index in [1.807, 2.05) is 6.07 Å². The summed E-state index contributed by atoms with van der Waals surface area (Å²) in [7, 11) is 0. The van der Waals surface area contributed by atoms with Crippen molar-refractivity contribution in [2.75, 3.05) is 0 Å². The molecule has 0 radical (unpaired) electrons. The molecule has 202 valence electrons. The summed E-state index contributed by atoms with van der Waals surface area (Å²) in [5, 5.41) is 7.78. The molecule has 0 fully saturated rings. The summed E-state index contributed by atoms with van der Waals surface area (Å²) in [6, 6.07) is 46.4. The van der Waals surface area contributed by atoms with Crippen LogP contribution in [0, 0.1) is 0 Å². The maximum atomic E-state index is 6.56. The Kier molecular flexibility index (Phi) is 5.70. The molecule has 0 aliphatic carbocycles. The van der Waals surface area contributed by atoms with Crippen LogP contribution >= 0.6 is 11.8 Å². The first-order chi connectivity index (χ1) is 20.4. The van der Waals surface area contributed by atoms with E-state index >= 15 is 0 Å². The van der Waals surface area contributed by atoms with Crippen LogP contribution in [0.5, 0.6) is 11.5 Å². The van der Waals surface area contributed by atoms with E-state index in [0.717, 1.165) is 26.9 Å². The molecule has 1 aliphatic heterocycles. The van der Waals surface area contributed by atoms with Gasteiger partial charge in [-0.25, -0.2) is 0 Å². The van der Waals surface area contributed by atoms with Gasteiger partial charge in [0.15, 0.2) is 0 Å². The first-order valence-corrected chi connectivity index (χ1v) is 15.3. The summed E-state index contributed by atoms with van der Waals surface area (Å²) >= 11 is 1.78. The van der Waals surface area contributed by atoms with E-state index in [2.05, 4.69) is 142 Å². The van der Waals surface area contributed by atoms with E-state index in [1.165, 1.54) is 54.6 Å². The standard InChI is InChI=1S/C40H30OS/c1-40(2,3)28-22-26(21-27(23-28)29-15-10-18-38-39(29)41-36-16-8-9-17-37(36)42-38)25-19-20-34-32-13-5-4-11-30(32)31-12-6-7-14-33(31)35(34)24-25/h4-24H,1-3H3. The Morgan fingerprint density at radius 2 is 1.07 bits per heavy atom. The highest BCUT2D eigenvalue weighted by molar-refractivity contribution is 7.99. The highest BCUT2D eigenvalue weighted by Gasteiger charge is 2.23. The van der Waals surface area contributed by atoms with Crippen molar-refractivity contribution in [3.8, 4) is 33.8 Å². The average molecular weight is 559 g/mol. The van der Waals surface area contributed by atoms with Crippen LogP contribution in [-0.2, 0) is 5.41 Å². The largest absolute Gasteiger partial charge is 0.454 e. The third-order valence-corrected chi connectivity index (χ3v) is 9.55. The van der Waals surface area contributed by atoms with Crippen LogP contribution in [0.1, 0.15) is 26.3 Å². The van der Waals surface area contributed by atoms with Crippen LogP contribution in [-0.4, -0.2) is 0 Å². The van der Waals surface area contributed by atoms with Gasteiger partial charge < -0.3 is 4.74 Å². The molecule has 0 N–H and O–H groups in total. The molecule has 0 saturated heterocycles. The summed E-state index contributed by atoms with van der Waals surface area (Å²) in [6.45, 7) is 6.87. The molecule has 42 heavy (non-hydrogen) atoms. The van der Waals surface area contributed by atoms with Gasteiger partial charge in [-0.15, -0.1) is 0 Å². The zero-order chi connectivity index (χ0) is 28.4. The van der Waals surface area contributed by atoms with Crippen molar-refractivity contribution in [2.45, 2.75) is 36.0 Å². The van der Waals surface area contributed by atoms with Gasteiger partial charge in [0.25, 0.3) is 0 Å². The predicted octanol–water partition coefficient (Wildman–Crippen LogP) is 12.0. The van der Waals surface area contributed by atoms with E-state index in [1.54, 1.807) is 11.8 Å². The molecule has 7 aromatic rings. The number of rotatable bonds is 2. The highest BCUT2D eigenvalue weighted by atomic mass is 32.2. The Morgan fingerprint density at radius 3 is 1.79 bits per heavy atom. The molecule has 1 aliphatic rings. The molecule has 0 amide bonds. The zero-order valence-corrected chi connectivity index (χ0v) is 24.8. The van der Waals surface area contributed by atoms with Crippen molar-refractivity contribution < 1.29 is 4.74 Å². The molecular formula is C40H30OS. The molecule has 1 nitrogen and oxygen atoms in total. The lowest BCUT2D eigenvalue weighted by Gasteiger charge is -2.24. The van der Waals surface area contributed by atoms with Crippen molar-refractivity contribution in [2.24, 2.45) is 0 Å². The van der Waals surface area contributed by atoms with E-state index in [4.69, 9.17) is 4.74 Å². The van der Waals surface area contributed by atoms with E-state index < -0.39 is 0 Å². The van der Waals surface area contributed by atoms with E-state index in [-0.39, 0.29) is 5.41 Å². The van der Waals surface area contributed by atoms with Gasteiger partial charge in [-0.05, 0) is 90.3 Å². The fourth-order valence-corrected chi connectivity index (χ4v) is 7.23. The Hall–Kier alpha value is -4.53. The number of fused-ring (bicyclic) bond motifs is 8. The van der Waals surface area contributed by atoms with Crippen LogP contribution in [0.4, 0.5) is 0 Å². The quantitative estimate of drug-likeness (QED) is 0.195. The van der Waals surface area contributed by atoms with Crippen LogP contribution in [0.25, 0.3) is 54.6 Å². The van der Waals surface area contributed by atoms with Gasteiger partial charge in [-0.2, -0.15) is 0 Å². The maximum absolute atomic E-state index is 6.56. The predicted molar refractivity (Wildman–Crippen MR) is 179 cm³/mol. The molecular weight excluding hydrogens is 529 g/mol. The van der Waals surface area contributed by atoms with Gasteiger partial charge >= 0.3 is 0 Å². The molecule has 0 atom stereocenters. The molecule has 8 rings (SSSR count). The molecule has 0 saturated carbocycles. The van der Waals surface area contributed by atoms with E-state index in [0.29, 0.717) is 0 Å². The van der Waals surface area contributed by atoms with Crippen LogP contribution in [0.15, 0.2) is 137 Å². The molecule has 1 heterocycles. The Morgan fingerprint density at radius 1 is 0.476 bits per heavy atom. The first kappa shape index (κ1) is 25.2. The fourth-order valence-electron chi connectivity index (χ4n) is 6.25. The topological polar surface area (TPSA) is 9.23 Å². The lowest BCUT2D eigenvalue weighted by atomic mass is 9.83. The van der Waals surface area contributed by atoms with Gasteiger partial charge in [-0.3, -0.25) is 0 Å². The number of hydrogen-bond donors (Lipinski definition) is 0. The number of ether oxygens (including phenoxy) is 1. The lowest BCUT2D eigenvalue weighted by Crippen LogP contribution is -2.11. The molecule has 0 aromatic heterocycles. The zero-order valence-electron chi connectivity index (χ0n) is 23.9. The van der Waals surface area contributed by atoms with Crippen molar-refractivity contribution in [1.82, 2.24) is 0 Å². The average Bonchev–Trinajstić information content (AvgIpc) is 3.03. The highest BCUT2D eigenvalue weighted by Crippen LogP contribution is 2.51. The Labute approximate surface area is 250 Å². The monoisotopic (exact) mass is 558 g/mol. The van der Waals surface area contributed by atoms with Crippen LogP contribution in [0.3, 0.4) is 0 Å². The van der Waals surface area contributed by atoms with Crippen LogP contribution in [0.2, 0.25) is 0 Å². The third kappa shape index (κ3) is 4.09. The Bertz CT molecular complexity index is 2150. The maximum Gasteiger partial charge on any atom is 0.149 e. The van der Waals surface area contributed by atoms with Crippen molar-refractivity contribution >= 4 is 44.1 Å². The fraction of sp³-hybridized carbons (Fsp3) is 0.100. The van der Waals surface area contributed by atoms with Gasteiger partial charge in [0.2, 0.25) is 0 Å². The second kappa shape index (κ2) is 9.51. The van der Waals surface area contributed by atoms with Gasteiger partial charge in [-0.1, -0.05) is 130 Å².